The fourth-order valence-electron chi connectivity index (χ4n) is 0.456. The van der Waals surface area contributed by atoms with E-state index < -0.39 is 0 Å². The Bertz CT molecular complexity index is 61.5. The van der Waals surface area contributed by atoms with Crippen molar-refractivity contribution in [1.82, 2.24) is 0 Å². The SMILES string of the molecule is CCCC(=O)CC.[Ti]. The molecule has 0 atom stereocenters. The molecule has 0 aliphatic rings. The second kappa shape index (κ2) is 7.38. The predicted molar refractivity (Wildman–Crippen MR) is 30.2 cm³/mol. The number of hydrogen-bond donors (Lipinski definition) is 0. The van der Waals surface area contributed by atoms with Gasteiger partial charge in [-0.15, -0.1) is 0 Å². The van der Waals surface area contributed by atoms with E-state index in [1.807, 2.05) is 13.8 Å². The minimum absolute atomic E-state index is 0. The van der Waals surface area contributed by atoms with Gasteiger partial charge in [0, 0.05) is 34.6 Å². The Morgan fingerprint density at radius 3 is 2.00 bits per heavy atom. The first kappa shape index (κ1) is 11.2. The average molecular weight is 148 g/mol. The molecule has 0 radical (unpaired) electrons. The average Bonchev–Trinajstić information content (AvgIpc) is 1.68. The van der Waals surface area contributed by atoms with Gasteiger partial charge in [-0.25, -0.2) is 0 Å². The quantitative estimate of drug-likeness (QED) is 0.557. The molecule has 0 N–H and O–H groups in total. The van der Waals surface area contributed by atoms with E-state index in [2.05, 4.69) is 0 Å². The van der Waals surface area contributed by atoms with Crippen molar-refractivity contribution in [3.63, 3.8) is 0 Å². The zero-order valence-electron chi connectivity index (χ0n) is 5.53. The molecule has 0 aliphatic carbocycles. The van der Waals surface area contributed by atoms with E-state index in [-0.39, 0.29) is 21.7 Å². The maximum atomic E-state index is 10.4. The molecule has 0 rings (SSSR count). The van der Waals surface area contributed by atoms with Crippen LogP contribution in [-0.2, 0) is 26.5 Å². The van der Waals surface area contributed by atoms with Gasteiger partial charge >= 0.3 is 0 Å². The molecular weight excluding hydrogens is 136 g/mol. The van der Waals surface area contributed by atoms with Gasteiger partial charge in [0.15, 0.2) is 0 Å². The molecule has 46 valence electrons. The number of Topliss-reactive ketones (excluding diaryl/α,β-unsaturated/α-hetero) is 1. The fraction of sp³-hybridized carbons (Fsp3) is 0.833. The topological polar surface area (TPSA) is 17.1 Å². The second-order valence-electron chi connectivity index (χ2n) is 1.64. The molecule has 0 aromatic heterocycles. The van der Waals surface area contributed by atoms with Crippen LogP contribution in [0.15, 0.2) is 0 Å². The molecular formula is C6H12OTi. The van der Waals surface area contributed by atoms with E-state index in [4.69, 9.17) is 0 Å². The molecule has 0 aromatic carbocycles. The van der Waals surface area contributed by atoms with E-state index in [1.165, 1.54) is 0 Å². The van der Waals surface area contributed by atoms with Gasteiger partial charge < -0.3 is 0 Å². The fourth-order valence-corrected chi connectivity index (χ4v) is 0.456. The molecule has 0 aliphatic heterocycles. The van der Waals surface area contributed by atoms with Crippen molar-refractivity contribution in [3.05, 3.63) is 0 Å². The van der Waals surface area contributed by atoms with Gasteiger partial charge in [0.1, 0.15) is 5.78 Å². The maximum Gasteiger partial charge on any atom is 0.132 e. The summed E-state index contributed by atoms with van der Waals surface area (Å²) in [5.41, 5.74) is 0. The van der Waals surface area contributed by atoms with Gasteiger partial charge in [-0.2, -0.15) is 0 Å². The van der Waals surface area contributed by atoms with E-state index in [9.17, 15) is 4.79 Å². The monoisotopic (exact) mass is 148 g/mol. The zero-order chi connectivity index (χ0) is 5.70. The first-order valence-electron chi connectivity index (χ1n) is 2.83. The van der Waals surface area contributed by atoms with Crippen molar-refractivity contribution < 1.29 is 26.5 Å². The number of ketones is 1. The normalized spacial score (nSPS) is 7.75. The molecule has 0 bridgehead atoms. The summed E-state index contributed by atoms with van der Waals surface area (Å²) in [5, 5.41) is 0. The molecule has 0 spiro atoms. The minimum Gasteiger partial charge on any atom is -0.300 e. The summed E-state index contributed by atoms with van der Waals surface area (Å²) in [4.78, 5) is 10.4. The molecule has 2 heteroatoms. The predicted octanol–water partition coefficient (Wildman–Crippen LogP) is 1.76. The molecule has 1 nitrogen and oxygen atoms in total. The van der Waals surface area contributed by atoms with E-state index in [1.54, 1.807) is 0 Å². The summed E-state index contributed by atoms with van der Waals surface area (Å²) >= 11 is 0. The van der Waals surface area contributed by atoms with Crippen molar-refractivity contribution >= 4 is 5.78 Å². The molecule has 0 fully saturated rings. The third kappa shape index (κ3) is 6.38. The van der Waals surface area contributed by atoms with Crippen LogP contribution >= 0.6 is 0 Å². The summed E-state index contributed by atoms with van der Waals surface area (Å²) in [7, 11) is 0. The van der Waals surface area contributed by atoms with Crippen LogP contribution in [-0.4, -0.2) is 5.78 Å². The molecule has 0 unspecified atom stereocenters. The van der Waals surface area contributed by atoms with Gasteiger partial charge in [-0.3, -0.25) is 4.79 Å². The number of hydrogen-bond acceptors (Lipinski definition) is 1. The van der Waals surface area contributed by atoms with Crippen LogP contribution in [0.4, 0.5) is 0 Å². The van der Waals surface area contributed by atoms with Gasteiger partial charge in [0.2, 0.25) is 0 Å². The molecule has 0 heterocycles. The summed E-state index contributed by atoms with van der Waals surface area (Å²) in [6.07, 6.45) is 2.46. The Hall–Kier alpha value is 0.384. The second-order valence-corrected chi connectivity index (χ2v) is 1.64. The molecule has 0 saturated heterocycles. The number of rotatable bonds is 3. The van der Waals surface area contributed by atoms with Gasteiger partial charge in [-0.05, 0) is 6.42 Å². The van der Waals surface area contributed by atoms with Crippen LogP contribution in [0.3, 0.4) is 0 Å². The van der Waals surface area contributed by atoms with Crippen LogP contribution in [0.25, 0.3) is 0 Å². The van der Waals surface area contributed by atoms with Crippen molar-refractivity contribution in [3.8, 4) is 0 Å². The van der Waals surface area contributed by atoms with Gasteiger partial charge in [0.25, 0.3) is 0 Å². The standard InChI is InChI=1S/C6H12O.Ti/c1-3-5-6(7)4-2;/h3-5H2,1-2H3;. The third-order valence-electron chi connectivity index (χ3n) is 0.923. The van der Waals surface area contributed by atoms with Gasteiger partial charge in [-0.1, -0.05) is 13.8 Å². The van der Waals surface area contributed by atoms with Crippen LogP contribution in [0, 0.1) is 0 Å². The van der Waals surface area contributed by atoms with E-state index in [0.717, 1.165) is 12.8 Å². The third-order valence-corrected chi connectivity index (χ3v) is 0.923. The molecule has 8 heavy (non-hydrogen) atoms. The minimum atomic E-state index is 0. The Balaban J connectivity index is 0. The smallest absolute Gasteiger partial charge is 0.132 e. The van der Waals surface area contributed by atoms with Crippen molar-refractivity contribution in [2.75, 3.05) is 0 Å². The van der Waals surface area contributed by atoms with Crippen LogP contribution < -0.4 is 0 Å². The maximum absolute atomic E-state index is 10.4. The summed E-state index contributed by atoms with van der Waals surface area (Å²) in [5.74, 6) is 0.377. The van der Waals surface area contributed by atoms with Crippen molar-refractivity contribution in [1.29, 1.82) is 0 Å². The van der Waals surface area contributed by atoms with Crippen molar-refractivity contribution in [2.45, 2.75) is 33.1 Å². The van der Waals surface area contributed by atoms with Gasteiger partial charge in [0.05, 0.1) is 0 Å². The Labute approximate surface area is 65.7 Å². The largest absolute Gasteiger partial charge is 0.300 e. The zero-order valence-corrected chi connectivity index (χ0v) is 7.09. The first-order valence-corrected chi connectivity index (χ1v) is 2.83. The number of carbonyl (C=O) groups is 1. The summed E-state index contributed by atoms with van der Waals surface area (Å²) < 4.78 is 0. The molecule has 0 aromatic rings. The Morgan fingerprint density at radius 1 is 1.38 bits per heavy atom. The van der Waals surface area contributed by atoms with E-state index in [0.29, 0.717) is 12.2 Å². The van der Waals surface area contributed by atoms with Crippen molar-refractivity contribution in [2.24, 2.45) is 0 Å². The Kier molecular flexibility index (Phi) is 10.4. The summed E-state index contributed by atoms with van der Waals surface area (Å²) in [6, 6.07) is 0. The molecule has 0 saturated carbocycles. The van der Waals surface area contributed by atoms with Crippen LogP contribution in [0.2, 0.25) is 0 Å². The molecule has 0 amide bonds. The summed E-state index contributed by atoms with van der Waals surface area (Å²) in [6.45, 7) is 3.92. The van der Waals surface area contributed by atoms with Crippen LogP contribution in [0.1, 0.15) is 33.1 Å². The Morgan fingerprint density at radius 2 is 1.88 bits per heavy atom. The van der Waals surface area contributed by atoms with Crippen LogP contribution in [0.5, 0.6) is 0 Å². The van der Waals surface area contributed by atoms with E-state index >= 15 is 0 Å². The first-order chi connectivity index (χ1) is 3.31. The number of carbonyl (C=O) groups excluding carboxylic acids is 1.